The summed E-state index contributed by atoms with van der Waals surface area (Å²) in [5.74, 6) is 1.50. The molecule has 1 fully saturated rings. The molecule has 3 aliphatic heterocycles. The first kappa shape index (κ1) is 20.0. The second kappa shape index (κ2) is 7.82. The number of carbonyl (C=O) groups excluding carboxylic acids is 1. The van der Waals surface area contributed by atoms with E-state index in [1.165, 1.54) is 49.2 Å². The van der Waals surface area contributed by atoms with E-state index in [1.54, 1.807) is 16.8 Å². The van der Waals surface area contributed by atoms with Crippen molar-refractivity contribution in [2.75, 3.05) is 31.1 Å². The summed E-state index contributed by atoms with van der Waals surface area (Å²) >= 11 is 0. The quantitative estimate of drug-likeness (QED) is 0.714. The van der Waals surface area contributed by atoms with Crippen LogP contribution in [0.15, 0.2) is 36.4 Å². The zero-order valence-corrected chi connectivity index (χ0v) is 16.4. The van der Waals surface area contributed by atoms with Crippen LogP contribution in [-0.4, -0.2) is 38.6 Å². The summed E-state index contributed by atoms with van der Waals surface area (Å²) in [6.45, 7) is 7.02. The largest absolute Gasteiger partial charge is 0.446 e. The Labute approximate surface area is 168 Å². The van der Waals surface area contributed by atoms with Crippen molar-refractivity contribution in [1.82, 2.24) is 5.32 Å². The summed E-state index contributed by atoms with van der Waals surface area (Å²) in [5.41, 5.74) is 8.90. The number of hydrogen-bond donors (Lipinski definition) is 1. The highest BCUT2D eigenvalue weighted by Crippen LogP contribution is 2.46. The van der Waals surface area contributed by atoms with Gasteiger partial charge in [-0.05, 0) is 60.1 Å². The average Bonchev–Trinajstić information content (AvgIpc) is 3.17. The Morgan fingerprint density at radius 2 is 1.93 bits per heavy atom. The maximum absolute atomic E-state index is 10.4. The molecule has 29 heavy (non-hydrogen) atoms. The van der Waals surface area contributed by atoms with Gasteiger partial charge < -0.3 is 10.2 Å². The van der Waals surface area contributed by atoms with Gasteiger partial charge in [0.1, 0.15) is 0 Å². The molecule has 2 aromatic carbocycles. The maximum atomic E-state index is 10.4. The highest BCUT2D eigenvalue weighted by atomic mass is 19.4. The number of alkyl halides is 3. The Balaban J connectivity index is 0.000000302. The molecule has 0 spiro atoms. The molecule has 3 nitrogen and oxygen atoms in total. The molecule has 0 aliphatic carbocycles. The second-order valence-corrected chi connectivity index (χ2v) is 8.18. The molecule has 3 heterocycles. The first-order valence-electron chi connectivity index (χ1n) is 10.1. The van der Waals surface area contributed by atoms with Crippen LogP contribution in [-0.2, 0) is 11.2 Å². The van der Waals surface area contributed by atoms with Crippen molar-refractivity contribution in [2.45, 2.75) is 31.9 Å². The van der Waals surface area contributed by atoms with E-state index >= 15 is 0 Å². The van der Waals surface area contributed by atoms with Crippen LogP contribution in [0.5, 0.6) is 0 Å². The Bertz CT molecular complexity index is 909. The summed E-state index contributed by atoms with van der Waals surface area (Å²) in [6, 6.07) is 13.9. The highest BCUT2D eigenvalue weighted by molar-refractivity contribution is 5.75. The molecule has 2 atom stereocenters. The van der Waals surface area contributed by atoms with Gasteiger partial charge in [-0.3, -0.25) is 4.79 Å². The number of aryl methyl sites for hydroxylation is 2. The van der Waals surface area contributed by atoms with E-state index in [2.05, 4.69) is 53.5 Å². The number of aldehydes is 1. The van der Waals surface area contributed by atoms with Crippen molar-refractivity contribution in [3.05, 3.63) is 53.1 Å². The molecule has 0 unspecified atom stereocenters. The van der Waals surface area contributed by atoms with Crippen molar-refractivity contribution in [3.8, 4) is 11.1 Å². The first-order valence-corrected chi connectivity index (χ1v) is 10.1. The molecule has 0 amide bonds. The lowest BCUT2D eigenvalue weighted by molar-refractivity contribution is -0.156. The summed E-state index contributed by atoms with van der Waals surface area (Å²) in [7, 11) is 0. The fraction of sp³-hybridized carbons (Fsp3) is 0.435. The van der Waals surface area contributed by atoms with Crippen molar-refractivity contribution in [1.29, 1.82) is 0 Å². The zero-order chi connectivity index (χ0) is 20.6. The third-order valence-electron chi connectivity index (χ3n) is 6.09. The van der Waals surface area contributed by atoms with Crippen molar-refractivity contribution in [2.24, 2.45) is 5.92 Å². The Morgan fingerprint density at radius 3 is 2.66 bits per heavy atom. The summed E-state index contributed by atoms with van der Waals surface area (Å²) in [4.78, 5) is 11.4. The van der Waals surface area contributed by atoms with Gasteiger partial charge >= 0.3 is 6.18 Å². The molecule has 2 aromatic rings. The fourth-order valence-electron chi connectivity index (χ4n) is 4.90. The molecule has 154 valence electrons. The zero-order valence-electron chi connectivity index (χ0n) is 16.4. The minimum absolute atomic E-state index is 0.711. The minimum Gasteiger partial charge on any atom is -0.371 e. The first-order chi connectivity index (χ1) is 13.9. The number of nitrogens with one attached hydrogen (secondary N) is 1. The number of fused-ring (bicyclic) bond motifs is 2. The minimum atomic E-state index is -4.64. The smallest absolute Gasteiger partial charge is 0.371 e. The van der Waals surface area contributed by atoms with Gasteiger partial charge in [0, 0.05) is 37.8 Å². The van der Waals surface area contributed by atoms with Gasteiger partial charge in [-0.1, -0.05) is 29.8 Å². The van der Waals surface area contributed by atoms with E-state index in [-0.39, 0.29) is 0 Å². The lowest BCUT2D eigenvalue weighted by Crippen LogP contribution is -2.40. The van der Waals surface area contributed by atoms with Crippen molar-refractivity contribution >= 4 is 12.0 Å². The fourth-order valence-corrected chi connectivity index (χ4v) is 4.90. The normalized spacial score (nSPS) is 22.3. The Morgan fingerprint density at radius 1 is 1.14 bits per heavy atom. The average molecular weight is 402 g/mol. The van der Waals surface area contributed by atoms with Gasteiger partial charge in [0.25, 0.3) is 0 Å². The van der Waals surface area contributed by atoms with E-state index in [9.17, 15) is 13.2 Å². The SMILES string of the molecule is Cc1cccc(-c2cc3c4c(c2)[C@@H]2CNC[C@@H]2CN4CCC3)c1.O=CC(F)(F)F. The van der Waals surface area contributed by atoms with Gasteiger partial charge in [0.15, 0.2) is 0 Å². The number of anilines is 1. The number of hydrogen-bond acceptors (Lipinski definition) is 3. The van der Waals surface area contributed by atoms with E-state index in [0.29, 0.717) is 5.92 Å². The maximum Gasteiger partial charge on any atom is 0.446 e. The van der Waals surface area contributed by atoms with Crippen LogP contribution in [0, 0.1) is 12.8 Å². The van der Waals surface area contributed by atoms with Crippen LogP contribution < -0.4 is 10.2 Å². The van der Waals surface area contributed by atoms with Crippen molar-refractivity contribution in [3.63, 3.8) is 0 Å². The van der Waals surface area contributed by atoms with E-state index < -0.39 is 12.5 Å². The van der Waals surface area contributed by atoms with Crippen molar-refractivity contribution < 1.29 is 18.0 Å². The molecule has 0 radical (unpaired) electrons. The predicted octanol–water partition coefficient (Wildman–Crippen LogP) is 4.48. The third-order valence-corrected chi connectivity index (χ3v) is 6.09. The third kappa shape index (κ3) is 4.17. The Hall–Kier alpha value is -2.34. The second-order valence-electron chi connectivity index (χ2n) is 8.18. The molecule has 0 bridgehead atoms. The summed E-state index contributed by atoms with van der Waals surface area (Å²) in [5, 5.41) is 3.63. The molecule has 1 N–H and O–H groups in total. The van der Waals surface area contributed by atoms with E-state index in [0.717, 1.165) is 12.5 Å². The van der Waals surface area contributed by atoms with Gasteiger partial charge in [-0.15, -0.1) is 0 Å². The summed E-state index contributed by atoms with van der Waals surface area (Å²) in [6.07, 6.45) is -3.16. The molecule has 6 heteroatoms. The topological polar surface area (TPSA) is 32.3 Å². The number of benzene rings is 2. The number of halogens is 3. The van der Waals surface area contributed by atoms with Crippen LogP contribution in [0.4, 0.5) is 18.9 Å². The molecule has 0 saturated carbocycles. The lowest BCUT2D eigenvalue weighted by atomic mass is 9.79. The lowest BCUT2D eigenvalue weighted by Gasteiger charge is -2.42. The van der Waals surface area contributed by atoms with E-state index in [1.807, 2.05) is 0 Å². The summed E-state index contributed by atoms with van der Waals surface area (Å²) < 4.78 is 31.2. The number of nitrogens with zero attached hydrogens (tertiary/aromatic N) is 1. The van der Waals surface area contributed by atoms with E-state index in [4.69, 9.17) is 4.79 Å². The molecular weight excluding hydrogens is 377 g/mol. The van der Waals surface area contributed by atoms with Crippen LogP contribution in [0.1, 0.15) is 29.0 Å². The molecule has 0 aromatic heterocycles. The molecular formula is C23H25F3N2O. The van der Waals surface area contributed by atoms with Gasteiger partial charge in [-0.2, -0.15) is 13.2 Å². The van der Waals surface area contributed by atoms with Gasteiger partial charge in [0.05, 0.1) is 0 Å². The van der Waals surface area contributed by atoms with Crippen LogP contribution >= 0.6 is 0 Å². The van der Waals surface area contributed by atoms with Crippen LogP contribution in [0.2, 0.25) is 0 Å². The number of rotatable bonds is 1. The standard InChI is InChI=1S/C21H24N2.C2HF3O/c1-14-4-2-5-15(8-14)17-9-16-6-3-7-23-13-18-11-22-12-20(18)19(10-17)21(16)23;3-2(4,5)1-6/h2,4-5,8-10,18,20,22H,3,6-7,11-13H2,1H3;1H/t18-,20-;/m1./s1. The van der Waals surface area contributed by atoms with Gasteiger partial charge in [-0.25, -0.2) is 0 Å². The Kier molecular flexibility index (Phi) is 5.38. The van der Waals surface area contributed by atoms with Crippen LogP contribution in [0.25, 0.3) is 11.1 Å². The molecule has 3 aliphatic rings. The number of carbonyl (C=O) groups is 1. The molecule has 1 saturated heterocycles. The predicted molar refractivity (Wildman–Crippen MR) is 108 cm³/mol. The van der Waals surface area contributed by atoms with Crippen LogP contribution in [0.3, 0.4) is 0 Å². The highest BCUT2D eigenvalue weighted by Gasteiger charge is 2.38. The molecule has 5 rings (SSSR count). The van der Waals surface area contributed by atoms with Gasteiger partial charge in [0.2, 0.25) is 6.29 Å². The monoisotopic (exact) mass is 402 g/mol.